The third-order valence-electron chi connectivity index (χ3n) is 5.01. The fourth-order valence-electron chi connectivity index (χ4n) is 3.31. The summed E-state index contributed by atoms with van der Waals surface area (Å²) in [5, 5.41) is 0. The molecule has 35 heavy (non-hydrogen) atoms. The van der Waals surface area contributed by atoms with Crippen LogP contribution in [0.2, 0.25) is 0 Å². The van der Waals surface area contributed by atoms with Crippen molar-refractivity contribution in [1.29, 1.82) is 0 Å². The fourth-order valence-corrected chi connectivity index (χ4v) is 5.69. The predicted octanol–water partition coefficient (Wildman–Crippen LogP) is 2.58. The number of aromatic nitrogens is 1. The highest BCUT2D eigenvalue weighted by Gasteiger charge is 2.20. The van der Waals surface area contributed by atoms with Gasteiger partial charge in [-0.25, -0.2) is 8.42 Å². The summed E-state index contributed by atoms with van der Waals surface area (Å²) in [6, 6.07) is 9.31. The Labute approximate surface area is 206 Å². The van der Waals surface area contributed by atoms with Gasteiger partial charge in [0, 0.05) is 6.42 Å². The highest BCUT2D eigenvalue weighted by molar-refractivity contribution is 7.91. The average molecular weight is 523 g/mol. The Morgan fingerprint density at radius 2 is 1.63 bits per heavy atom. The Morgan fingerprint density at radius 1 is 0.971 bits per heavy atom. The highest BCUT2D eigenvalue weighted by atomic mass is 32.2. The fraction of sp³-hybridized carbons (Fsp3) is 0.348. The summed E-state index contributed by atoms with van der Waals surface area (Å²) in [5.74, 6) is -0.0948. The quantitative estimate of drug-likeness (QED) is 0.373. The third-order valence-corrected chi connectivity index (χ3v) is 7.83. The normalized spacial score (nSPS) is 11.9. The van der Waals surface area contributed by atoms with Crippen LogP contribution in [0.15, 0.2) is 46.3 Å². The van der Waals surface area contributed by atoms with Crippen molar-refractivity contribution in [3.8, 4) is 17.2 Å². The van der Waals surface area contributed by atoms with Gasteiger partial charge >= 0.3 is 5.97 Å². The molecule has 0 aliphatic rings. The molecule has 188 valence electrons. The Balaban J connectivity index is 1.97. The number of ether oxygens (including phenoxy) is 4. The van der Waals surface area contributed by atoms with Crippen LogP contribution < -0.4 is 19.0 Å². The molecule has 1 aromatic heterocycles. The molecule has 2 aromatic carbocycles. The second kappa shape index (κ2) is 11.4. The van der Waals surface area contributed by atoms with Gasteiger partial charge in [0.25, 0.3) is 0 Å². The van der Waals surface area contributed by atoms with Crippen LogP contribution in [0.1, 0.15) is 13.3 Å². The van der Waals surface area contributed by atoms with Gasteiger partial charge in [0.05, 0.1) is 38.6 Å². The summed E-state index contributed by atoms with van der Waals surface area (Å²) >= 11 is 1.13. The van der Waals surface area contributed by atoms with E-state index in [1.54, 1.807) is 19.1 Å². The average Bonchev–Trinajstić information content (AvgIpc) is 3.20. The molecule has 3 aromatic rings. The number of nitrogens with zero attached hydrogens (tertiary/aromatic N) is 2. The van der Waals surface area contributed by atoms with Crippen LogP contribution in [-0.2, 0) is 30.7 Å². The third kappa shape index (κ3) is 6.01. The number of benzene rings is 2. The number of amides is 1. The maximum Gasteiger partial charge on any atom is 0.326 e. The van der Waals surface area contributed by atoms with E-state index in [0.29, 0.717) is 27.5 Å². The molecule has 1 amide bonds. The number of esters is 1. The van der Waals surface area contributed by atoms with E-state index in [9.17, 15) is 18.0 Å². The Bertz CT molecular complexity index is 1390. The first-order chi connectivity index (χ1) is 16.7. The molecule has 0 aliphatic heterocycles. The largest absolute Gasteiger partial charge is 0.497 e. The molecule has 3 rings (SSSR count). The minimum atomic E-state index is -3.71. The van der Waals surface area contributed by atoms with Crippen molar-refractivity contribution in [1.82, 2.24) is 4.57 Å². The summed E-state index contributed by atoms with van der Waals surface area (Å²) in [4.78, 5) is 29.4. The van der Waals surface area contributed by atoms with E-state index in [0.717, 1.165) is 11.3 Å². The van der Waals surface area contributed by atoms with E-state index in [1.165, 1.54) is 50.2 Å². The molecule has 0 aliphatic carbocycles. The zero-order chi connectivity index (χ0) is 25.6. The Morgan fingerprint density at radius 3 is 2.23 bits per heavy atom. The molecule has 0 radical (unpaired) electrons. The standard InChI is InChI=1S/C23H26N2O8S2/c1-5-33-20(27)14-25-21-17(31-3)10-11-18(32-4)22(21)34-23(25)24-19(26)12-13-35(28,29)16-8-6-15(30-2)7-9-16/h6-11H,5,12-14H2,1-4H3. The minimum Gasteiger partial charge on any atom is -0.497 e. The van der Waals surface area contributed by atoms with Gasteiger partial charge < -0.3 is 23.5 Å². The summed E-state index contributed by atoms with van der Waals surface area (Å²) in [5.41, 5.74) is 0.516. The number of rotatable bonds is 10. The summed E-state index contributed by atoms with van der Waals surface area (Å²) < 4.78 is 48.4. The van der Waals surface area contributed by atoms with Gasteiger partial charge in [-0.3, -0.25) is 9.59 Å². The van der Waals surface area contributed by atoms with Crippen LogP contribution in [0, 0.1) is 0 Å². The molecule has 0 N–H and O–H groups in total. The lowest BCUT2D eigenvalue weighted by Gasteiger charge is -2.10. The first-order valence-electron chi connectivity index (χ1n) is 10.6. The van der Waals surface area contributed by atoms with Gasteiger partial charge in [-0.2, -0.15) is 4.99 Å². The lowest BCUT2D eigenvalue weighted by atomic mass is 10.3. The van der Waals surface area contributed by atoms with Crippen molar-refractivity contribution in [2.45, 2.75) is 24.8 Å². The maximum atomic E-state index is 12.7. The Hall–Kier alpha value is -3.38. The molecule has 0 bridgehead atoms. The lowest BCUT2D eigenvalue weighted by Crippen LogP contribution is -2.23. The maximum absolute atomic E-state index is 12.7. The SMILES string of the molecule is CCOC(=O)Cn1c(=NC(=O)CCS(=O)(=O)c2ccc(OC)cc2)sc2c(OC)ccc(OC)c21. The summed E-state index contributed by atoms with van der Waals surface area (Å²) in [6.07, 6.45) is -0.337. The summed E-state index contributed by atoms with van der Waals surface area (Å²) in [6.45, 7) is 1.67. The van der Waals surface area contributed by atoms with E-state index in [2.05, 4.69) is 4.99 Å². The molecule has 0 fully saturated rings. The zero-order valence-electron chi connectivity index (χ0n) is 19.8. The number of carbonyl (C=O) groups is 2. The molecule has 0 spiro atoms. The summed E-state index contributed by atoms with van der Waals surface area (Å²) in [7, 11) is 0.763. The number of sulfone groups is 1. The molecule has 10 nitrogen and oxygen atoms in total. The van der Waals surface area contributed by atoms with Gasteiger partial charge in [0.2, 0.25) is 5.91 Å². The first-order valence-corrected chi connectivity index (χ1v) is 13.0. The van der Waals surface area contributed by atoms with Crippen LogP contribution >= 0.6 is 11.3 Å². The van der Waals surface area contributed by atoms with E-state index in [4.69, 9.17) is 18.9 Å². The number of carbonyl (C=O) groups excluding carboxylic acids is 2. The van der Waals surface area contributed by atoms with Gasteiger partial charge in [0.15, 0.2) is 14.6 Å². The van der Waals surface area contributed by atoms with Crippen molar-refractivity contribution in [2.75, 3.05) is 33.7 Å². The van der Waals surface area contributed by atoms with Gasteiger partial charge in [0.1, 0.15) is 34.0 Å². The van der Waals surface area contributed by atoms with Crippen LogP contribution in [0.25, 0.3) is 10.2 Å². The monoisotopic (exact) mass is 522 g/mol. The first kappa shape index (κ1) is 26.2. The van der Waals surface area contributed by atoms with Crippen molar-refractivity contribution in [3.05, 3.63) is 41.2 Å². The van der Waals surface area contributed by atoms with Crippen molar-refractivity contribution in [3.63, 3.8) is 0 Å². The Kier molecular flexibility index (Phi) is 8.52. The smallest absolute Gasteiger partial charge is 0.326 e. The topological polar surface area (TPSA) is 122 Å². The van der Waals surface area contributed by atoms with Crippen LogP contribution in [-0.4, -0.2) is 58.6 Å². The van der Waals surface area contributed by atoms with Crippen molar-refractivity contribution in [2.24, 2.45) is 4.99 Å². The van der Waals surface area contributed by atoms with E-state index < -0.39 is 27.5 Å². The molecular weight excluding hydrogens is 496 g/mol. The van der Waals surface area contributed by atoms with Crippen molar-refractivity contribution < 1.29 is 37.0 Å². The minimum absolute atomic E-state index is 0.0832. The van der Waals surface area contributed by atoms with E-state index in [-0.39, 0.29) is 29.3 Å². The molecule has 0 atom stereocenters. The molecule has 1 heterocycles. The molecule has 0 unspecified atom stereocenters. The number of methoxy groups -OCH3 is 3. The molecule has 12 heteroatoms. The van der Waals surface area contributed by atoms with Crippen molar-refractivity contribution >= 4 is 43.3 Å². The molecule has 0 saturated carbocycles. The van der Waals surface area contributed by atoms with Gasteiger partial charge in [-0.15, -0.1) is 0 Å². The second-order valence-electron chi connectivity index (χ2n) is 7.17. The molecular formula is C23H26N2O8S2. The van der Waals surface area contributed by atoms with Gasteiger partial charge in [-0.05, 0) is 43.3 Å². The van der Waals surface area contributed by atoms with Crippen LogP contribution in [0.3, 0.4) is 0 Å². The predicted molar refractivity (Wildman–Crippen MR) is 130 cm³/mol. The highest BCUT2D eigenvalue weighted by Crippen LogP contribution is 2.35. The second-order valence-corrected chi connectivity index (χ2v) is 10.3. The van der Waals surface area contributed by atoms with Crippen LogP contribution in [0.4, 0.5) is 0 Å². The zero-order valence-corrected chi connectivity index (χ0v) is 21.4. The van der Waals surface area contributed by atoms with E-state index in [1.807, 2.05) is 0 Å². The number of hydrogen-bond donors (Lipinski definition) is 0. The lowest BCUT2D eigenvalue weighted by molar-refractivity contribution is -0.143. The number of fused-ring (bicyclic) bond motifs is 1. The molecule has 0 saturated heterocycles. The number of thiazole rings is 1. The van der Waals surface area contributed by atoms with Gasteiger partial charge in [-0.1, -0.05) is 11.3 Å². The number of hydrogen-bond acceptors (Lipinski definition) is 9. The van der Waals surface area contributed by atoms with Crippen LogP contribution in [0.5, 0.6) is 17.2 Å². The van der Waals surface area contributed by atoms with E-state index >= 15 is 0 Å².